The van der Waals surface area contributed by atoms with E-state index in [2.05, 4.69) is 14.5 Å². The minimum absolute atomic E-state index is 0.0498. The predicted molar refractivity (Wildman–Crippen MR) is 87.4 cm³/mol. The highest BCUT2D eigenvalue weighted by atomic mass is 16.2. The van der Waals surface area contributed by atoms with Crippen LogP contribution in [0.5, 0.6) is 0 Å². The van der Waals surface area contributed by atoms with E-state index in [1.165, 1.54) is 6.07 Å². The summed E-state index contributed by atoms with van der Waals surface area (Å²) < 4.78 is 2.13. The van der Waals surface area contributed by atoms with Crippen LogP contribution < -0.4 is 5.56 Å². The van der Waals surface area contributed by atoms with Crippen molar-refractivity contribution in [3.8, 4) is 0 Å². The van der Waals surface area contributed by atoms with Crippen LogP contribution in [0.4, 0.5) is 0 Å². The average Bonchev–Trinajstić information content (AvgIpc) is 2.91. The lowest BCUT2D eigenvalue weighted by atomic mass is 9.97. The van der Waals surface area contributed by atoms with Gasteiger partial charge in [-0.1, -0.05) is 0 Å². The number of amides is 1. The number of imidazole rings is 1. The number of aromatic amines is 1. The van der Waals surface area contributed by atoms with Gasteiger partial charge in [0.25, 0.3) is 5.91 Å². The van der Waals surface area contributed by atoms with Gasteiger partial charge >= 0.3 is 0 Å². The Morgan fingerprint density at radius 1 is 1.39 bits per heavy atom. The van der Waals surface area contributed by atoms with Crippen LogP contribution in [0.2, 0.25) is 0 Å². The maximum absolute atomic E-state index is 12.7. The molecule has 1 amide bonds. The minimum Gasteiger partial charge on any atom is -0.338 e. The summed E-state index contributed by atoms with van der Waals surface area (Å²) in [7, 11) is 0. The number of aromatic nitrogens is 3. The SMILES string of the molecule is Cc1cc(C(=O)N2CCC[C@@H](Cn3ccnc3C)C2)cc(=O)[nH]1. The number of pyridine rings is 1. The second-order valence-corrected chi connectivity index (χ2v) is 6.30. The first-order valence-corrected chi connectivity index (χ1v) is 8.01. The van der Waals surface area contributed by atoms with E-state index in [9.17, 15) is 9.59 Å². The summed E-state index contributed by atoms with van der Waals surface area (Å²) in [6, 6.07) is 3.13. The van der Waals surface area contributed by atoms with Gasteiger partial charge in [-0.25, -0.2) is 4.98 Å². The van der Waals surface area contributed by atoms with Gasteiger partial charge in [0, 0.05) is 49.4 Å². The summed E-state index contributed by atoms with van der Waals surface area (Å²) in [4.78, 5) is 33.0. The molecule has 1 atom stereocenters. The zero-order valence-corrected chi connectivity index (χ0v) is 13.6. The molecule has 3 heterocycles. The number of hydrogen-bond donors (Lipinski definition) is 1. The standard InChI is InChI=1S/C17H22N4O2/c1-12-8-15(9-16(22)19-12)17(23)21-6-3-4-14(11-21)10-20-7-5-18-13(20)2/h5,7-9,14H,3-4,6,10-11H2,1-2H3,(H,19,22)/t14-/m0/s1. The van der Waals surface area contributed by atoms with Gasteiger partial charge in [0.1, 0.15) is 5.82 Å². The molecule has 122 valence electrons. The highest BCUT2D eigenvalue weighted by Crippen LogP contribution is 2.20. The molecule has 0 aromatic carbocycles. The quantitative estimate of drug-likeness (QED) is 0.938. The molecule has 1 aliphatic rings. The molecule has 1 fully saturated rings. The Morgan fingerprint density at radius 3 is 2.91 bits per heavy atom. The van der Waals surface area contributed by atoms with Crippen LogP contribution in [0.15, 0.2) is 29.3 Å². The lowest BCUT2D eigenvalue weighted by Gasteiger charge is -2.33. The number of carbonyl (C=O) groups is 1. The molecule has 0 spiro atoms. The summed E-state index contributed by atoms with van der Waals surface area (Å²) in [6.07, 6.45) is 5.89. The van der Waals surface area contributed by atoms with E-state index in [-0.39, 0.29) is 11.5 Å². The van der Waals surface area contributed by atoms with Crippen molar-refractivity contribution < 1.29 is 4.79 Å². The van der Waals surface area contributed by atoms with Crippen molar-refractivity contribution in [2.75, 3.05) is 13.1 Å². The van der Waals surface area contributed by atoms with Gasteiger partial charge in [-0.05, 0) is 38.7 Å². The molecule has 2 aromatic rings. The molecule has 0 saturated carbocycles. The van der Waals surface area contributed by atoms with Crippen LogP contribution in [0, 0.1) is 19.8 Å². The van der Waals surface area contributed by atoms with Gasteiger partial charge in [-0.3, -0.25) is 9.59 Å². The van der Waals surface area contributed by atoms with Crippen LogP contribution >= 0.6 is 0 Å². The Morgan fingerprint density at radius 2 is 2.22 bits per heavy atom. The molecule has 2 aromatic heterocycles. The third-order valence-electron chi connectivity index (χ3n) is 4.41. The number of piperidine rings is 1. The maximum atomic E-state index is 12.7. The normalized spacial score (nSPS) is 18.2. The number of hydrogen-bond acceptors (Lipinski definition) is 3. The summed E-state index contributed by atoms with van der Waals surface area (Å²) in [5.41, 5.74) is 0.963. The summed E-state index contributed by atoms with van der Waals surface area (Å²) in [5, 5.41) is 0. The molecule has 6 nitrogen and oxygen atoms in total. The molecular formula is C17H22N4O2. The zero-order chi connectivity index (χ0) is 16.4. The monoisotopic (exact) mass is 314 g/mol. The fourth-order valence-electron chi connectivity index (χ4n) is 3.26. The smallest absolute Gasteiger partial charge is 0.254 e. The van der Waals surface area contributed by atoms with Crippen molar-refractivity contribution in [2.45, 2.75) is 33.2 Å². The van der Waals surface area contributed by atoms with Crippen LogP contribution in [-0.2, 0) is 6.54 Å². The largest absolute Gasteiger partial charge is 0.338 e. The van der Waals surface area contributed by atoms with Crippen molar-refractivity contribution in [3.05, 3.63) is 52.0 Å². The third kappa shape index (κ3) is 3.52. The van der Waals surface area contributed by atoms with E-state index in [1.807, 2.05) is 18.0 Å². The van der Waals surface area contributed by atoms with E-state index >= 15 is 0 Å². The molecule has 6 heteroatoms. The van der Waals surface area contributed by atoms with Gasteiger partial charge in [0.15, 0.2) is 0 Å². The number of aryl methyl sites for hydroxylation is 2. The molecular weight excluding hydrogens is 292 g/mol. The summed E-state index contributed by atoms with van der Waals surface area (Å²) >= 11 is 0. The number of carbonyl (C=O) groups excluding carboxylic acids is 1. The van der Waals surface area contributed by atoms with E-state index in [0.29, 0.717) is 17.2 Å². The van der Waals surface area contributed by atoms with Crippen LogP contribution in [0.25, 0.3) is 0 Å². The fourth-order valence-corrected chi connectivity index (χ4v) is 3.26. The first kappa shape index (κ1) is 15.5. The molecule has 0 bridgehead atoms. The van der Waals surface area contributed by atoms with Gasteiger partial charge in [0.2, 0.25) is 5.56 Å². The van der Waals surface area contributed by atoms with Gasteiger partial charge in [-0.15, -0.1) is 0 Å². The number of rotatable bonds is 3. The topological polar surface area (TPSA) is 71.0 Å². The second kappa shape index (κ2) is 6.40. The van der Waals surface area contributed by atoms with Crippen molar-refractivity contribution in [2.24, 2.45) is 5.92 Å². The Kier molecular flexibility index (Phi) is 4.32. The molecule has 0 unspecified atom stereocenters. The number of nitrogens with zero attached hydrogens (tertiary/aromatic N) is 3. The Labute approximate surface area is 135 Å². The first-order chi connectivity index (χ1) is 11.0. The Bertz CT molecular complexity index is 762. The van der Waals surface area contributed by atoms with Crippen molar-refractivity contribution in [3.63, 3.8) is 0 Å². The molecule has 0 aliphatic carbocycles. The second-order valence-electron chi connectivity index (χ2n) is 6.30. The van der Waals surface area contributed by atoms with Gasteiger partial charge in [0.05, 0.1) is 0 Å². The predicted octanol–water partition coefficient (Wildman–Crippen LogP) is 1.74. The Hall–Kier alpha value is -2.37. The Balaban J connectivity index is 1.71. The van der Waals surface area contributed by atoms with Crippen LogP contribution in [0.3, 0.4) is 0 Å². The number of H-pyrrole nitrogens is 1. The summed E-state index contributed by atoms with van der Waals surface area (Å²) in [6.45, 7) is 6.14. The molecule has 3 rings (SSSR count). The third-order valence-corrected chi connectivity index (χ3v) is 4.41. The average molecular weight is 314 g/mol. The highest BCUT2D eigenvalue weighted by molar-refractivity contribution is 5.94. The van der Waals surface area contributed by atoms with E-state index in [1.54, 1.807) is 19.2 Å². The first-order valence-electron chi connectivity index (χ1n) is 8.01. The summed E-state index contributed by atoms with van der Waals surface area (Å²) in [5.74, 6) is 1.37. The van der Waals surface area contributed by atoms with Gasteiger partial charge < -0.3 is 14.5 Å². The fraction of sp³-hybridized carbons (Fsp3) is 0.471. The van der Waals surface area contributed by atoms with Crippen molar-refractivity contribution >= 4 is 5.91 Å². The highest BCUT2D eigenvalue weighted by Gasteiger charge is 2.25. The number of likely N-dealkylation sites (tertiary alicyclic amines) is 1. The lowest BCUT2D eigenvalue weighted by molar-refractivity contribution is 0.0661. The molecule has 0 radical (unpaired) electrons. The zero-order valence-electron chi connectivity index (χ0n) is 13.6. The van der Waals surface area contributed by atoms with E-state index in [4.69, 9.17) is 0 Å². The van der Waals surface area contributed by atoms with Crippen LogP contribution in [-0.4, -0.2) is 38.4 Å². The minimum atomic E-state index is -0.226. The van der Waals surface area contributed by atoms with Gasteiger partial charge in [-0.2, -0.15) is 0 Å². The molecule has 1 aliphatic heterocycles. The maximum Gasteiger partial charge on any atom is 0.254 e. The van der Waals surface area contributed by atoms with Crippen molar-refractivity contribution in [1.29, 1.82) is 0 Å². The molecule has 23 heavy (non-hydrogen) atoms. The lowest BCUT2D eigenvalue weighted by Crippen LogP contribution is -2.41. The molecule has 1 saturated heterocycles. The van der Waals surface area contributed by atoms with Crippen LogP contribution in [0.1, 0.15) is 34.7 Å². The molecule has 1 N–H and O–H groups in total. The van der Waals surface area contributed by atoms with E-state index in [0.717, 1.165) is 38.3 Å². The van der Waals surface area contributed by atoms with E-state index < -0.39 is 0 Å². The van der Waals surface area contributed by atoms with Crippen molar-refractivity contribution in [1.82, 2.24) is 19.4 Å². The number of nitrogens with one attached hydrogen (secondary N) is 1.